The third kappa shape index (κ3) is 4.63. The molecule has 14 heteroatoms. The van der Waals surface area contributed by atoms with Gasteiger partial charge in [-0.1, -0.05) is 40.5 Å². The Balaban J connectivity index is 1.56. The van der Waals surface area contributed by atoms with Crippen molar-refractivity contribution in [2.24, 2.45) is 11.1 Å². The number of ketones is 1. The van der Waals surface area contributed by atoms with E-state index < -0.39 is 73.4 Å². The summed E-state index contributed by atoms with van der Waals surface area (Å²) in [7, 11) is -3.69. The van der Waals surface area contributed by atoms with Crippen molar-refractivity contribution in [2.75, 3.05) is 25.1 Å². The van der Waals surface area contributed by atoms with Crippen LogP contribution in [0.3, 0.4) is 0 Å². The van der Waals surface area contributed by atoms with Crippen molar-refractivity contribution in [3.05, 3.63) is 68.4 Å². The molecule has 198 valence electrons. The molecule has 1 fully saturated rings. The van der Waals surface area contributed by atoms with Gasteiger partial charge in [-0.3, -0.25) is 4.79 Å². The van der Waals surface area contributed by atoms with Crippen LogP contribution in [-0.4, -0.2) is 51.2 Å². The van der Waals surface area contributed by atoms with Gasteiger partial charge in [-0.25, -0.2) is 12.8 Å². The van der Waals surface area contributed by atoms with Crippen LogP contribution >= 0.6 is 23.2 Å². The Morgan fingerprint density at radius 3 is 2.49 bits per heavy atom. The molecule has 3 aliphatic heterocycles. The number of carbonyl (C=O) groups is 1. The van der Waals surface area contributed by atoms with E-state index in [2.05, 4.69) is 10.5 Å². The van der Waals surface area contributed by atoms with Gasteiger partial charge < -0.3 is 14.9 Å². The Kier molecular flexibility index (Phi) is 6.35. The van der Waals surface area contributed by atoms with Crippen molar-refractivity contribution in [2.45, 2.75) is 24.0 Å². The van der Waals surface area contributed by atoms with Crippen LogP contribution in [0, 0.1) is 11.7 Å². The maximum atomic E-state index is 14.7. The zero-order valence-corrected chi connectivity index (χ0v) is 21.2. The number of nitrogens with one attached hydrogen (secondary N) is 1. The summed E-state index contributed by atoms with van der Waals surface area (Å²) in [6.45, 7) is 0.683. The summed E-state index contributed by atoms with van der Waals surface area (Å²) in [5.74, 6) is -5.04. The van der Waals surface area contributed by atoms with Crippen molar-refractivity contribution in [1.29, 1.82) is 0 Å². The number of benzene rings is 2. The zero-order valence-electron chi connectivity index (χ0n) is 18.9. The highest BCUT2D eigenvalue weighted by Crippen LogP contribution is 2.49. The number of hydrogen-bond donors (Lipinski definition) is 1. The van der Waals surface area contributed by atoms with Gasteiger partial charge in [0.05, 0.1) is 5.02 Å². The van der Waals surface area contributed by atoms with Crippen molar-refractivity contribution < 1.29 is 40.3 Å². The maximum Gasteiger partial charge on any atom is 0.401 e. The lowest BCUT2D eigenvalue weighted by Gasteiger charge is -2.39. The molecular weight excluding hydrogens is 563 g/mol. The first-order valence-corrected chi connectivity index (χ1v) is 13.7. The Labute approximate surface area is 218 Å². The number of halogens is 6. The summed E-state index contributed by atoms with van der Waals surface area (Å²) < 4.78 is 87.1. The fraction of sp³-hybridized carbons (Fsp3) is 0.391. The molecule has 0 radical (unpaired) electrons. The Hall–Kier alpha value is -2.25. The van der Waals surface area contributed by atoms with Gasteiger partial charge in [0.15, 0.2) is 21.7 Å². The predicted octanol–water partition coefficient (Wildman–Crippen LogP) is 4.27. The van der Waals surface area contributed by atoms with Crippen LogP contribution in [0.25, 0.3) is 0 Å². The van der Waals surface area contributed by atoms with E-state index in [1.165, 1.54) is 18.2 Å². The molecule has 5 rings (SSSR count). The fourth-order valence-electron chi connectivity index (χ4n) is 4.86. The lowest BCUT2D eigenvalue weighted by atomic mass is 9.83. The zero-order chi connectivity index (χ0) is 26.9. The summed E-state index contributed by atoms with van der Waals surface area (Å²) in [6, 6.07) is 6.28. The lowest BCUT2D eigenvalue weighted by Crippen LogP contribution is -2.57. The van der Waals surface area contributed by atoms with E-state index in [-0.39, 0.29) is 16.1 Å². The van der Waals surface area contributed by atoms with Gasteiger partial charge in [0.1, 0.15) is 34.9 Å². The summed E-state index contributed by atoms with van der Waals surface area (Å²) in [5, 5.41) is 6.12. The van der Waals surface area contributed by atoms with Gasteiger partial charge in [-0.2, -0.15) is 13.2 Å². The average molecular weight is 581 g/mol. The molecule has 37 heavy (non-hydrogen) atoms. The molecule has 3 heterocycles. The molecule has 1 spiro atoms. The second kappa shape index (κ2) is 8.91. The van der Waals surface area contributed by atoms with Gasteiger partial charge in [0.25, 0.3) is 0 Å². The van der Waals surface area contributed by atoms with E-state index in [0.29, 0.717) is 18.7 Å². The maximum absolute atomic E-state index is 14.7. The third-order valence-electron chi connectivity index (χ3n) is 6.52. The summed E-state index contributed by atoms with van der Waals surface area (Å²) in [5.41, 5.74) is -1.18. The van der Waals surface area contributed by atoms with Crippen molar-refractivity contribution >= 4 is 44.5 Å². The Morgan fingerprint density at radius 1 is 1.19 bits per heavy atom. The molecule has 0 bridgehead atoms. The minimum atomic E-state index is -4.92. The van der Waals surface area contributed by atoms with Crippen LogP contribution in [0.15, 0.2) is 35.5 Å². The van der Waals surface area contributed by atoms with Crippen LogP contribution in [0.4, 0.5) is 17.6 Å². The number of hydrogen-bond acceptors (Lipinski definition) is 7. The Morgan fingerprint density at radius 2 is 1.89 bits per heavy atom. The molecule has 0 aromatic heterocycles. The van der Waals surface area contributed by atoms with Crippen molar-refractivity contribution in [3.63, 3.8) is 0 Å². The van der Waals surface area contributed by atoms with Crippen LogP contribution in [0.5, 0.6) is 0 Å². The number of ether oxygens (including phenoxy) is 1. The Bertz CT molecular complexity index is 1440. The van der Waals surface area contributed by atoms with Crippen LogP contribution in [-0.2, 0) is 29.8 Å². The largest absolute Gasteiger partial charge is 0.401 e. The predicted molar refractivity (Wildman–Crippen MR) is 126 cm³/mol. The number of alkyl halides is 3. The summed E-state index contributed by atoms with van der Waals surface area (Å²) >= 11 is 11.7. The van der Waals surface area contributed by atoms with Gasteiger partial charge in [0.2, 0.25) is 0 Å². The second-order valence-electron chi connectivity index (χ2n) is 9.25. The number of rotatable bonds is 5. The highest BCUT2D eigenvalue weighted by atomic mass is 35.5. The molecular formula is C23H18Cl2F4N2O5S. The molecule has 2 aromatic carbocycles. The number of sulfone groups is 1. The van der Waals surface area contributed by atoms with Gasteiger partial charge in [-0.05, 0) is 29.3 Å². The number of Topliss-reactive ketones (excluding diaryl/α,β-unsaturated/α-hetero) is 1. The molecule has 0 amide bonds. The highest BCUT2D eigenvalue weighted by Gasteiger charge is 2.56. The molecule has 1 N–H and O–H groups in total. The van der Waals surface area contributed by atoms with Crippen LogP contribution in [0.2, 0.25) is 10.0 Å². The topological polar surface area (TPSA) is 94.1 Å². The number of oxime groups is 1. The molecule has 3 unspecified atom stereocenters. The van der Waals surface area contributed by atoms with E-state index in [0.717, 1.165) is 18.4 Å². The van der Waals surface area contributed by atoms with Crippen molar-refractivity contribution in [3.8, 4) is 0 Å². The monoisotopic (exact) mass is 580 g/mol. The van der Waals surface area contributed by atoms with E-state index in [4.69, 9.17) is 32.8 Å². The number of fused-ring (bicyclic) bond motifs is 2. The lowest BCUT2D eigenvalue weighted by molar-refractivity contribution is -0.178. The highest BCUT2D eigenvalue weighted by molar-refractivity contribution is 7.91. The molecule has 7 nitrogen and oxygen atoms in total. The summed E-state index contributed by atoms with van der Waals surface area (Å²) in [4.78, 5) is 17.9. The second-order valence-corrected chi connectivity index (χ2v) is 12.2. The minimum Gasteiger partial charge on any atom is -0.386 e. The number of carbonyl (C=O) groups excluding carboxylic acids is 1. The van der Waals surface area contributed by atoms with Gasteiger partial charge in [-0.15, -0.1) is 0 Å². The van der Waals surface area contributed by atoms with E-state index >= 15 is 0 Å². The normalized spacial score (nSPS) is 24.4. The molecule has 1 saturated heterocycles. The fourth-order valence-corrected chi connectivity index (χ4v) is 6.04. The quantitative estimate of drug-likeness (QED) is 0.419. The number of nitrogens with zero attached hydrogens (tertiary/aromatic N) is 1. The smallest absolute Gasteiger partial charge is 0.386 e. The standard InChI is InChI=1S/C23H18Cl2F4N2O5S/c1-37(33,34)7-16(32)20-12-4-10(2-3-14(12)22(35-20)8-30-9-22)19-17(23(27,28)29)21(36-31-19)13-5-11(24)6-15(25)18(13)26/h2-6,17,20-21,30H,7-9H2,1H3. The average Bonchev–Trinajstić information content (AvgIpc) is 3.34. The third-order valence-corrected chi connectivity index (χ3v) is 7.83. The van der Waals surface area contributed by atoms with E-state index in [9.17, 15) is 30.8 Å². The molecule has 0 aliphatic carbocycles. The van der Waals surface area contributed by atoms with Gasteiger partial charge in [0, 0.05) is 35.5 Å². The minimum absolute atomic E-state index is 0.0396. The molecule has 3 atom stereocenters. The molecule has 3 aliphatic rings. The van der Waals surface area contributed by atoms with Gasteiger partial charge >= 0.3 is 6.18 Å². The first-order chi connectivity index (χ1) is 17.2. The first kappa shape index (κ1) is 26.4. The first-order valence-electron chi connectivity index (χ1n) is 10.9. The SMILES string of the molecule is CS(=O)(=O)CC(=O)C1OC2(CNC2)c2ccc(C3=NOC(c4cc(Cl)cc(Cl)c4F)C3C(F)(F)F)cc21. The van der Waals surface area contributed by atoms with E-state index in [1.807, 2.05) is 0 Å². The summed E-state index contributed by atoms with van der Waals surface area (Å²) in [6.07, 6.45) is -7.21. The molecule has 0 saturated carbocycles. The van der Waals surface area contributed by atoms with Crippen LogP contribution in [0.1, 0.15) is 34.5 Å². The van der Waals surface area contributed by atoms with E-state index in [1.54, 1.807) is 0 Å². The van der Waals surface area contributed by atoms with Crippen LogP contribution < -0.4 is 5.32 Å². The van der Waals surface area contributed by atoms with Crippen molar-refractivity contribution in [1.82, 2.24) is 5.32 Å². The molecule has 2 aromatic rings.